The third-order valence-electron chi connectivity index (χ3n) is 5.29. The minimum absolute atomic E-state index is 0.0411. The quantitative estimate of drug-likeness (QED) is 0.514. The first kappa shape index (κ1) is 23.1. The summed E-state index contributed by atoms with van der Waals surface area (Å²) in [6.45, 7) is 10.4. The molecule has 2 N–H and O–H groups in total. The average Bonchev–Trinajstić information content (AvgIpc) is 2.75. The summed E-state index contributed by atoms with van der Waals surface area (Å²) in [4.78, 5) is 24.7. The van der Waals surface area contributed by atoms with Gasteiger partial charge in [0.05, 0.1) is 0 Å². The number of benzene rings is 3. The van der Waals surface area contributed by atoms with Crippen molar-refractivity contribution in [1.82, 2.24) is 0 Å². The molecule has 0 atom stereocenters. The predicted octanol–water partition coefficient (Wildman–Crippen LogP) is 5.87. The number of aryl methyl sites for hydroxylation is 2. The maximum Gasteiger partial charge on any atom is 0.262 e. The van der Waals surface area contributed by atoms with Gasteiger partial charge in [-0.1, -0.05) is 39.0 Å². The minimum atomic E-state index is -0.251. The number of hydrogen-bond donors (Lipinski definition) is 2. The Kier molecular flexibility index (Phi) is 6.98. The molecule has 0 bridgehead atoms. The minimum Gasteiger partial charge on any atom is -0.484 e. The molecule has 3 rings (SSSR count). The molecule has 0 fully saturated rings. The molecule has 0 heterocycles. The normalized spacial score (nSPS) is 11.0. The van der Waals surface area contributed by atoms with Gasteiger partial charge in [-0.2, -0.15) is 0 Å². The molecule has 3 aromatic rings. The van der Waals surface area contributed by atoms with Crippen LogP contribution in [-0.2, 0) is 10.2 Å². The number of anilines is 2. The van der Waals surface area contributed by atoms with Gasteiger partial charge in [0.1, 0.15) is 5.75 Å². The molecule has 0 spiro atoms. The largest absolute Gasteiger partial charge is 0.484 e. The number of ether oxygens (including phenoxy) is 1. The lowest BCUT2D eigenvalue weighted by molar-refractivity contribution is -0.118. The smallest absolute Gasteiger partial charge is 0.262 e. The molecule has 0 radical (unpaired) electrons. The maximum absolute atomic E-state index is 12.5. The second kappa shape index (κ2) is 9.69. The second-order valence-electron chi connectivity index (χ2n) is 8.94. The van der Waals surface area contributed by atoms with Crippen LogP contribution < -0.4 is 15.4 Å². The van der Waals surface area contributed by atoms with E-state index >= 15 is 0 Å². The van der Waals surface area contributed by atoms with Crippen molar-refractivity contribution < 1.29 is 14.3 Å². The van der Waals surface area contributed by atoms with Crippen molar-refractivity contribution >= 4 is 23.2 Å². The zero-order valence-corrected chi connectivity index (χ0v) is 19.3. The summed E-state index contributed by atoms with van der Waals surface area (Å²) in [5.74, 6) is 0.236. The average molecular weight is 431 g/mol. The summed E-state index contributed by atoms with van der Waals surface area (Å²) in [7, 11) is 0. The molecule has 5 heteroatoms. The molecule has 0 aromatic heterocycles. The standard InChI is InChI=1S/C27H30N2O3/c1-18-6-15-24(16-19(18)2)32-17-25(30)28-22-11-13-23(14-12-22)29-26(31)20-7-9-21(10-8-20)27(3,4)5/h6-16H,17H2,1-5H3,(H,28,30)(H,29,31). The summed E-state index contributed by atoms with van der Waals surface area (Å²) in [5, 5.41) is 5.67. The molecule has 0 unspecified atom stereocenters. The number of hydrogen-bond acceptors (Lipinski definition) is 3. The highest BCUT2D eigenvalue weighted by atomic mass is 16.5. The van der Waals surface area contributed by atoms with E-state index in [1.54, 1.807) is 24.3 Å². The van der Waals surface area contributed by atoms with E-state index in [1.165, 1.54) is 11.1 Å². The zero-order chi connectivity index (χ0) is 23.3. The van der Waals surface area contributed by atoms with Gasteiger partial charge in [-0.3, -0.25) is 9.59 Å². The molecule has 5 nitrogen and oxygen atoms in total. The Bertz CT molecular complexity index is 1100. The van der Waals surface area contributed by atoms with Crippen molar-refractivity contribution in [3.05, 3.63) is 89.0 Å². The van der Waals surface area contributed by atoms with Crippen molar-refractivity contribution in [3.63, 3.8) is 0 Å². The zero-order valence-electron chi connectivity index (χ0n) is 19.3. The van der Waals surface area contributed by atoms with E-state index in [1.807, 2.05) is 56.3 Å². The molecular formula is C27H30N2O3. The molecular weight excluding hydrogens is 400 g/mol. The van der Waals surface area contributed by atoms with E-state index in [0.717, 1.165) is 5.56 Å². The van der Waals surface area contributed by atoms with E-state index in [2.05, 4.69) is 31.4 Å². The van der Waals surface area contributed by atoms with Crippen LogP contribution in [0.1, 0.15) is 47.8 Å². The van der Waals surface area contributed by atoms with Crippen LogP contribution in [0.25, 0.3) is 0 Å². The van der Waals surface area contributed by atoms with Gasteiger partial charge in [-0.25, -0.2) is 0 Å². The lowest BCUT2D eigenvalue weighted by atomic mass is 9.87. The number of rotatable bonds is 6. The highest BCUT2D eigenvalue weighted by molar-refractivity contribution is 6.04. The summed E-state index contributed by atoms with van der Waals surface area (Å²) in [6, 6.07) is 20.3. The van der Waals surface area contributed by atoms with Crippen LogP contribution in [0.4, 0.5) is 11.4 Å². The summed E-state index contributed by atoms with van der Waals surface area (Å²) >= 11 is 0. The summed E-state index contributed by atoms with van der Waals surface area (Å²) in [5.41, 5.74) is 5.39. The molecule has 0 aliphatic heterocycles. The van der Waals surface area contributed by atoms with Crippen LogP contribution in [-0.4, -0.2) is 18.4 Å². The van der Waals surface area contributed by atoms with Crippen LogP contribution in [0, 0.1) is 13.8 Å². The fourth-order valence-corrected chi connectivity index (χ4v) is 3.11. The van der Waals surface area contributed by atoms with E-state index in [-0.39, 0.29) is 23.8 Å². The van der Waals surface area contributed by atoms with Gasteiger partial charge in [0, 0.05) is 16.9 Å². The van der Waals surface area contributed by atoms with Crippen LogP contribution in [0.15, 0.2) is 66.7 Å². The first-order valence-corrected chi connectivity index (χ1v) is 10.6. The van der Waals surface area contributed by atoms with Gasteiger partial charge in [-0.05, 0) is 84.5 Å². The van der Waals surface area contributed by atoms with Crippen LogP contribution in [0.3, 0.4) is 0 Å². The van der Waals surface area contributed by atoms with E-state index in [0.29, 0.717) is 22.7 Å². The third kappa shape index (κ3) is 6.20. The molecule has 32 heavy (non-hydrogen) atoms. The van der Waals surface area contributed by atoms with Crippen molar-refractivity contribution in [1.29, 1.82) is 0 Å². The Morgan fingerprint density at radius 3 is 1.94 bits per heavy atom. The van der Waals surface area contributed by atoms with Crippen molar-refractivity contribution in [2.75, 3.05) is 17.2 Å². The molecule has 2 amide bonds. The monoisotopic (exact) mass is 430 g/mol. The van der Waals surface area contributed by atoms with Crippen LogP contribution in [0.2, 0.25) is 0 Å². The van der Waals surface area contributed by atoms with E-state index in [9.17, 15) is 9.59 Å². The van der Waals surface area contributed by atoms with Crippen molar-refractivity contribution in [2.45, 2.75) is 40.0 Å². The Hall–Kier alpha value is -3.60. The Balaban J connectivity index is 1.52. The van der Waals surface area contributed by atoms with Gasteiger partial charge in [-0.15, -0.1) is 0 Å². The highest BCUT2D eigenvalue weighted by Crippen LogP contribution is 2.23. The van der Waals surface area contributed by atoms with E-state index in [4.69, 9.17) is 4.74 Å². The van der Waals surface area contributed by atoms with Crippen LogP contribution in [0.5, 0.6) is 5.75 Å². The van der Waals surface area contributed by atoms with Gasteiger partial charge < -0.3 is 15.4 Å². The first-order valence-electron chi connectivity index (χ1n) is 10.6. The fourth-order valence-electron chi connectivity index (χ4n) is 3.11. The first-order chi connectivity index (χ1) is 15.1. The fraction of sp³-hybridized carbons (Fsp3) is 0.259. The molecule has 0 aliphatic carbocycles. The Morgan fingerprint density at radius 2 is 1.38 bits per heavy atom. The number of amides is 2. The molecule has 0 saturated carbocycles. The lowest BCUT2D eigenvalue weighted by Crippen LogP contribution is -2.20. The number of carbonyl (C=O) groups excluding carboxylic acids is 2. The molecule has 166 valence electrons. The predicted molar refractivity (Wildman–Crippen MR) is 130 cm³/mol. The van der Waals surface area contributed by atoms with Gasteiger partial charge in [0.25, 0.3) is 11.8 Å². The molecule has 0 saturated heterocycles. The highest BCUT2D eigenvalue weighted by Gasteiger charge is 2.14. The van der Waals surface area contributed by atoms with Gasteiger partial charge in [0.2, 0.25) is 0 Å². The Morgan fingerprint density at radius 1 is 0.781 bits per heavy atom. The SMILES string of the molecule is Cc1ccc(OCC(=O)Nc2ccc(NC(=O)c3ccc(C(C)(C)C)cc3)cc2)cc1C. The molecule has 0 aliphatic rings. The lowest BCUT2D eigenvalue weighted by Gasteiger charge is -2.19. The number of nitrogens with one attached hydrogen (secondary N) is 2. The Labute approximate surface area is 189 Å². The maximum atomic E-state index is 12.5. The van der Waals surface area contributed by atoms with Crippen molar-refractivity contribution in [2.24, 2.45) is 0 Å². The topological polar surface area (TPSA) is 67.4 Å². The second-order valence-corrected chi connectivity index (χ2v) is 8.94. The van der Waals surface area contributed by atoms with Gasteiger partial charge >= 0.3 is 0 Å². The van der Waals surface area contributed by atoms with Gasteiger partial charge in [0.15, 0.2) is 6.61 Å². The summed E-state index contributed by atoms with van der Waals surface area (Å²) < 4.78 is 5.56. The van der Waals surface area contributed by atoms with E-state index < -0.39 is 0 Å². The van der Waals surface area contributed by atoms with Crippen molar-refractivity contribution in [3.8, 4) is 5.75 Å². The molecule has 3 aromatic carbocycles. The van der Waals surface area contributed by atoms with Crippen LogP contribution >= 0.6 is 0 Å². The summed E-state index contributed by atoms with van der Waals surface area (Å²) in [6.07, 6.45) is 0. The third-order valence-corrected chi connectivity index (χ3v) is 5.29. The number of carbonyl (C=O) groups is 2.